The number of rotatable bonds is 3. The number of anilines is 2. The molecule has 0 aromatic heterocycles. The molecular weight excluding hydrogens is 310 g/mol. The normalized spacial score (nSPS) is 16.8. The molecule has 2 aromatic carbocycles. The number of nitrogens with two attached hydrogens (primary N) is 2. The van der Waals surface area contributed by atoms with E-state index < -0.39 is 5.60 Å². The summed E-state index contributed by atoms with van der Waals surface area (Å²) >= 11 is 0. The average Bonchev–Trinajstić information content (AvgIpc) is 2.61. The van der Waals surface area contributed by atoms with Crippen LogP contribution in [0.1, 0.15) is 24.0 Å². The van der Waals surface area contributed by atoms with Crippen LogP contribution < -0.4 is 11.5 Å². The molecule has 1 aliphatic rings. The average molecular weight is 335 g/mol. The van der Waals surface area contributed by atoms with Gasteiger partial charge in [-0.25, -0.2) is 0 Å². The van der Waals surface area contributed by atoms with E-state index in [4.69, 9.17) is 11.5 Å². The lowest BCUT2D eigenvalue weighted by atomic mass is 9.85. The Balaban J connectivity index is 1.51. The lowest BCUT2D eigenvalue weighted by molar-refractivity contribution is -0.0177. The summed E-state index contributed by atoms with van der Waals surface area (Å²) in [6.07, 6.45) is 2.27. The van der Waals surface area contributed by atoms with E-state index >= 15 is 0 Å². The summed E-state index contributed by atoms with van der Waals surface area (Å²) in [6.45, 7) is 2.43. The van der Waals surface area contributed by atoms with Crippen molar-refractivity contribution < 1.29 is 5.11 Å². The van der Waals surface area contributed by atoms with E-state index in [0.717, 1.165) is 37.9 Å². The van der Waals surface area contributed by atoms with Crippen molar-refractivity contribution >= 4 is 11.4 Å². The van der Waals surface area contributed by atoms with Gasteiger partial charge in [0.15, 0.2) is 0 Å². The zero-order valence-corrected chi connectivity index (χ0v) is 14.4. The van der Waals surface area contributed by atoms with Crippen molar-refractivity contribution in [1.82, 2.24) is 4.90 Å². The minimum atomic E-state index is -0.601. The fourth-order valence-electron chi connectivity index (χ4n) is 3.19. The van der Waals surface area contributed by atoms with Crippen LogP contribution in [0.15, 0.2) is 48.5 Å². The maximum absolute atomic E-state index is 10.8. The molecule has 25 heavy (non-hydrogen) atoms. The van der Waals surface area contributed by atoms with E-state index in [1.807, 2.05) is 24.3 Å². The van der Waals surface area contributed by atoms with Crippen LogP contribution in [0.2, 0.25) is 0 Å². The highest BCUT2D eigenvalue weighted by molar-refractivity contribution is 5.65. The topological polar surface area (TPSA) is 75.5 Å². The van der Waals surface area contributed by atoms with Crippen molar-refractivity contribution in [3.8, 4) is 11.8 Å². The van der Waals surface area contributed by atoms with Crippen molar-refractivity contribution in [3.63, 3.8) is 0 Å². The van der Waals surface area contributed by atoms with Gasteiger partial charge < -0.3 is 16.6 Å². The van der Waals surface area contributed by atoms with E-state index in [1.54, 1.807) is 12.1 Å². The Morgan fingerprint density at radius 2 is 1.72 bits per heavy atom. The fraction of sp³-hybridized carbons (Fsp3) is 0.333. The zero-order chi connectivity index (χ0) is 17.7. The van der Waals surface area contributed by atoms with Crippen LogP contribution in [0.25, 0.3) is 0 Å². The first-order valence-corrected chi connectivity index (χ1v) is 8.67. The SMILES string of the molecule is Nc1ccc(C#CCN2CCC(O)(Cc3ccccc3)CC2)cc1N. The minimum Gasteiger partial charge on any atom is -0.397 e. The van der Waals surface area contributed by atoms with Crippen LogP contribution in [0, 0.1) is 11.8 Å². The van der Waals surface area contributed by atoms with Gasteiger partial charge in [-0.15, -0.1) is 0 Å². The standard InChI is InChI=1S/C21H25N3O/c22-19-9-8-17(15-20(19)23)7-4-12-24-13-10-21(25,11-14-24)16-18-5-2-1-3-6-18/h1-3,5-6,8-9,15,25H,10-14,16,22-23H2. The number of nitrogen functional groups attached to an aromatic ring is 2. The third kappa shape index (κ3) is 4.76. The Hall–Kier alpha value is -2.48. The monoisotopic (exact) mass is 335 g/mol. The van der Waals surface area contributed by atoms with Gasteiger partial charge in [0, 0.05) is 25.1 Å². The summed E-state index contributed by atoms with van der Waals surface area (Å²) in [5.41, 5.74) is 14.1. The van der Waals surface area contributed by atoms with Crippen LogP contribution in [0.3, 0.4) is 0 Å². The van der Waals surface area contributed by atoms with Crippen molar-refractivity contribution in [1.29, 1.82) is 0 Å². The Bertz CT molecular complexity index is 769. The fourth-order valence-corrected chi connectivity index (χ4v) is 3.19. The van der Waals surface area contributed by atoms with Gasteiger partial charge in [-0.2, -0.15) is 0 Å². The summed E-state index contributed by atoms with van der Waals surface area (Å²) in [4.78, 5) is 2.28. The molecule has 4 heteroatoms. The molecule has 1 fully saturated rings. The molecule has 0 saturated carbocycles. The first-order valence-electron chi connectivity index (χ1n) is 8.67. The zero-order valence-electron chi connectivity index (χ0n) is 14.4. The third-order valence-corrected chi connectivity index (χ3v) is 4.78. The number of piperidine rings is 1. The highest BCUT2D eigenvalue weighted by atomic mass is 16.3. The molecule has 3 rings (SSSR count). The number of benzene rings is 2. The van der Waals surface area contributed by atoms with E-state index in [-0.39, 0.29) is 0 Å². The molecule has 1 saturated heterocycles. The van der Waals surface area contributed by atoms with Crippen molar-refractivity contribution in [3.05, 3.63) is 59.7 Å². The van der Waals surface area contributed by atoms with Gasteiger partial charge in [-0.3, -0.25) is 4.90 Å². The molecule has 0 bridgehead atoms. The first-order chi connectivity index (χ1) is 12.0. The van der Waals surface area contributed by atoms with Crippen LogP contribution in [0.5, 0.6) is 0 Å². The molecule has 2 aromatic rings. The number of hydrogen-bond acceptors (Lipinski definition) is 4. The third-order valence-electron chi connectivity index (χ3n) is 4.78. The molecule has 0 spiro atoms. The van der Waals surface area contributed by atoms with Gasteiger partial charge in [-0.1, -0.05) is 42.2 Å². The quantitative estimate of drug-likeness (QED) is 0.594. The Morgan fingerprint density at radius 1 is 1.00 bits per heavy atom. The Labute approximate surface area is 149 Å². The summed E-state index contributed by atoms with van der Waals surface area (Å²) in [5, 5.41) is 10.8. The summed E-state index contributed by atoms with van der Waals surface area (Å²) < 4.78 is 0. The molecule has 0 aliphatic carbocycles. The van der Waals surface area contributed by atoms with Crippen LogP contribution >= 0.6 is 0 Å². The molecule has 130 valence electrons. The lowest BCUT2D eigenvalue weighted by Gasteiger charge is -2.37. The molecule has 1 aliphatic heterocycles. The number of nitrogens with zero attached hydrogens (tertiary/aromatic N) is 1. The molecule has 4 nitrogen and oxygen atoms in total. The second kappa shape index (κ2) is 7.60. The lowest BCUT2D eigenvalue weighted by Crippen LogP contribution is -2.45. The highest BCUT2D eigenvalue weighted by Crippen LogP contribution is 2.26. The number of aliphatic hydroxyl groups is 1. The first kappa shape index (κ1) is 17.3. The summed E-state index contributed by atoms with van der Waals surface area (Å²) in [7, 11) is 0. The van der Waals surface area contributed by atoms with Crippen LogP contribution in [-0.2, 0) is 6.42 Å². The second-order valence-electron chi connectivity index (χ2n) is 6.81. The molecular formula is C21H25N3O. The predicted molar refractivity (Wildman–Crippen MR) is 103 cm³/mol. The van der Waals surface area contributed by atoms with Gasteiger partial charge in [0.25, 0.3) is 0 Å². The van der Waals surface area contributed by atoms with Gasteiger partial charge in [0.05, 0.1) is 23.5 Å². The van der Waals surface area contributed by atoms with E-state index in [9.17, 15) is 5.11 Å². The van der Waals surface area contributed by atoms with Gasteiger partial charge in [-0.05, 0) is 36.6 Å². The number of hydrogen-bond donors (Lipinski definition) is 3. The van der Waals surface area contributed by atoms with Gasteiger partial charge in [0.2, 0.25) is 0 Å². The molecule has 0 radical (unpaired) electrons. The molecule has 0 atom stereocenters. The van der Waals surface area contributed by atoms with E-state index in [1.165, 1.54) is 5.56 Å². The maximum atomic E-state index is 10.8. The predicted octanol–water partition coefficient (Wildman–Crippen LogP) is 2.27. The van der Waals surface area contributed by atoms with Gasteiger partial charge in [0.1, 0.15) is 0 Å². The van der Waals surface area contributed by atoms with E-state index in [2.05, 4.69) is 28.9 Å². The molecule has 0 unspecified atom stereocenters. The van der Waals surface area contributed by atoms with Crippen molar-refractivity contribution in [2.75, 3.05) is 31.1 Å². The molecule has 5 N–H and O–H groups in total. The van der Waals surface area contributed by atoms with Crippen LogP contribution in [0.4, 0.5) is 11.4 Å². The smallest absolute Gasteiger partial charge is 0.0712 e. The van der Waals surface area contributed by atoms with Crippen molar-refractivity contribution in [2.45, 2.75) is 24.9 Å². The molecule has 1 heterocycles. The second-order valence-corrected chi connectivity index (χ2v) is 6.81. The van der Waals surface area contributed by atoms with Crippen LogP contribution in [-0.4, -0.2) is 35.2 Å². The largest absolute Gasteiger partial charge is 0.397 e. The summed E-state index contributed by atoms with van der Waals surface area (Å²) in [5.74, 6) is 6.32. The molecule has 0 amide bonds. The highest BCUT2D eigenvalue weighted by Gasteiger charge is 2.31. The van der Waals surface area contributed by atoms with E-state index in [0.29, 0.717) is 17.9 Å². The maximum Gasteiger partial charge on any atom is 0.0712 e. The minimum absolute atomic E-state index is 0.566. The van der Waals surface area contributed by atoms with Crippen molar-refractivity contribution in [2.24, 2.45) is 0 Å². The van der Waals surface area contributed by atoms with Gasteiger partial charge >= 0.3 is 0 Å². The Morgan fingerprint density at radius 3 is 2.40 bits per heavy atom. The Kier molecular flexibility index (Phi) is 5.28. The summed E-state index contributed by atoms with van der Waals surface area (Å²) in [6, 6.07) is 15.7. The number of likely N-dealkylation sites (tertiary alicyclic amines) is 1.